The zero-order valence-corrected chi connectivity index (χ0v) is 15.7. The van der Waals surface area contributed by atoms with Gasteiger partial charge in [-0.25, -0.2) is 9.97 Å². The average molecular weight is 367 g/mol. The quantitative estimate of drug-likeness (QED) is 0.606. The molecule has 2 aromatic rings. The van der Waals surface area contributed by atoms with Crippen molar-refractivity contribution in [2.45, 2.75) is 51.6 Å². The molecule has 7 nitrogen and oxygen atoms in total. The number of anilines is 2. The molecule has 27 heavy (non-hydrogen) atoms. The van der Waals surface area contributed by atoms with Crippen LogP contribution >= 0.6 is 0 Å². The van der Waals surface area contributed by atoms with Gasteiger partial charge in [-0.1, -0.05) is 31.2 Å². The van der Waals surface area contributed by atoms with Crippen LogP contribution in [0, 0.1) is 10.1 Å². The second-order valence-electron chi connectivity index (χ2n) is 7.32. The summed E-state index contributed by atoms with van der Waals surface area (Å²) >= 11 is 0. The van der Waals surface area contributed by atoms with Crippen LogP contribution in [0.5, 0.6) is 0 Å². The maximum absolute atomic E-state index is 12.0. The Bertz CT molecular complexity index is 841. The topological polar surface area (TPSA) is 75.4 Å². The maximum atomic E-state index is 12.0. The first-order chi connectivity index (χ1) is 13.2. The molecule has 7 heteroatoms. The Morgan fingerprint density at radius 3 is 2.70 bits per heavy atom. The van der Waals surface area contributed by atoms with E-state index in [1.54, 1.807) is 0 Å². The highest BCUT2D eigenvalue weighted by Gasteiger charge is 2.34. The fourth-order valence-corrected chi connectivity index (χ4v) is 4.35. The third kappa shape index (κ3) is 3.34. The number of hydrogen-bond acceptors (Lipinski definition) is 6. The molecule has 3 heterocycles. The molecule has 4 rings (SSSR count). The zero-order valence-electron chi connectivity index (χ0n) is 15.7. The van der Waals surface area contributed by atoms with E-state index < -0.39 is 0 Å². The monoisotopic (exact) mass is 367 g/mol. The smallest absolute Gasteiger partial charge is 0.348 e. The van der Waals surface area contributed by atoms with Crippen molar-refractivity contribution >= 4 is 17.3 Å². The van der Waals surface area contributed by atoms with Gasteiger partial charge in [-0.3, -0.25) is 10.1 Å². The first-order valence-corrected chi connectivity index (χ1v) is 9.76. The molecule has 2 aliphatic heterocycles. The van der Waals surface area contributed by atoms with Crippen LogP contribution < -0.4 is 9.80 Å². The zero-order chi connectivity index (χ0) is 18.8. The van der Waals surface area contributed by atoms with Crippen LogP contribution in [0.2, 0.25) is 0 Å². The lowest BCUT2D eigenvalue weighted by molar-refractivity contribution is -0.383. The van der Waals surface area contributed by atoms with Gasteiger partial charge in [0.1, 0.15) is 6.33 Å². The number of nitrogens with zero attached hydrogens (tertiary/aromatic N) is 5. The van der Waals surface area contributed by atoms with Gasteiger partial charge in [-0.2, -0.15) is 0 Å². The van der Waals surface area contributed by atoms with E-state index in [0.717, 1.165) is 38.8 Å². The molecule has 1 atom stereocenters. The van der Waals surface area contributed by atoms with Crippen molar-refractivity contribution in [2.75, 3.05) is 22.9 Å². The summed E-state index contributed by atoms with van der Waals surface area (Å²) in [5, 5.41) is 12.0. The molecule has 2 aliphatic rings. The van der Waals surface area contributed by atoms with Gasteiger partial charge in [0.25, 0.3) is 0 Å². The van der Waals surface area contributed by atoms with Crippen LogP contribution in [0.25, 0.3) is 0 Å². The fourth-order valence-electron chi connectivity index (χ4n) is 4.35. The van der Waals surface area contributed by atoms with Crippen molar-refractivity contribution in [3.8, 4) is 0 Å². The van der Waals surface area contributed by atoms with Crippen LogP contribution in [0.15, 0.2) is 30.6 Å². The Morgan fingerprint density at radius 2 is 1.93 bits per heavy atom. The summed E-state index contributed by atoms with van der Waals surface area (Å²) in [4.78, 5) is 24.6. The molecule has 0 radical (unpaired) electrons. The van der Waals surface area contributed by atoms with E-state index in [1.807, 2.05) is 17.0 Å². The van der Waals surface area contributed by atoms with Crippen LogP contribution in [0.4, 0.5) is 17.3 Å². The SMILES string of the molecule is CCC1CCCCN1c1ncnc(N2CCc3ccccc3C2)c1[N+](=O)[O-]. The van der Waals surface area contributed by atoms with Crippen LogP contribution in [0.1, 0.15) is 43.7 Å². The lowest BCUT2D eigenvalue weighted by Crippen LogP contribution is -2.40. The van der Waals surface area contributed by atoms with Gasteiger partial charge in [-0.15, -0.1) is 0 Å². The van der Waals surface area contributed by atoms with Crippen molar-refractivity contribution in [1.82, 2.24) is 9.97 Å². The van der Waals surface area contributed by atoms with Crippen molar-refractivity contribution in [2.24, 2.45) is 0 Å². The fraction of sp³-hybridized carbons (Fsp3) is 0.500. The minimum absolute atomic E-state index is 0.0530. The molecule has 1 aromatic heterocycles. The predicted octanol–water partition coefficient (Wildman–Crippen LogP) is 3.72. The second-order valence-corrected chi connectivity index (χ2v) is 7.32. The minimum atomic E-state index is -0.299. The summed E-state index contributed by atoms with van der Waals surface area (Å²) in [5.41, 5.74) is 2.58. The first-order valence-electron chi connectivity index (χ1n) is 9.76. The molecular formula is C20H25N5O2. The number of nitro groups is 1. The molecule has 1 unspecified atom stereocenters. The van der Waals surface area contributed by atoms with Gasteiger partial charge >= 0.3 is 5.69 Å². The Labute approximate surface area is 159 Å². The summed E-state index contributed by atoms with van der Waals surface area (Å²) in [6.07, 6.45) is 6.60. The molecule has 0 N–H and O–H groups in total. The highest BCUT2D eigenvalue weighted by molar-refractivity contribution is 5.72. The van der Waals surface area contributed by atoms with Gasteiger partial charge in [0.05, 0.1) is 4.92 Å². The van der Waals surface area contributed by atoms with Crippen molar-refractivity contribution in [3.63, 3.8) is 0 Å². The van der Waals surface area contributed by atoms with Gasteiger partial charge in [0.2, 0.25) is 11.6 Å². The van der Waals surface area contributed by atoms with Gasteiger partial charge in [-0.05, 0) is 43.2 Å². The van der Waals surface area contributed by atoms with E-state index in [9.17, 15) is 10.1 Å². The lowest BCUT2D eigenvalue weighted by Gasteiger charge is -2.36. The van der Waals surface area contributed by atoms with Gasteiger partial charge in [0.15, 0.2) is 0 Å². The van der Waals surface area contributed by atoms with E-state index in [4.69, 9.17) is 0 Å². The largest absolute Gasteiger partial charge is 0.353 e. The van der Waals surface area contributed by atoms with E-state index in [-0.39, 0.29) is 10.6 Å². The Balaban J connectivity index is 1.73. The molecule has 1 saturated heterocycles. The van der Waals surface area contributed by atoms with Crippen LogP contribution in [0.3, 0.4) is 0 Å². The standard InChI is InChI=1S/C20H25N5O2/c1-2-17-9-5-6-11-24(17)20-18(25(26)27)19(21-14-22-20)23-12-10-15-7-3-4-8-16(15)13-23/h3-4,7-8,14,17H,2,5-6,9-13H2,1H3. The minimum Gasteiger partial charge on any atom is -0.348 e. The average Bonchev–Trinajstić information content (AvgIpc) is 2.72. The van der Waals surface area contributed by atoms with E-state index >= 15 is 0 Å². The van der Waals surface area contributed by atoms with E-state index in [0.29, 0.717) is 24.2 Å². The highest BCUT2D eigenvalue weighted by Crippen LogP contribution is 2.38. The number of benzene rings is 1. The maximum Gasteiger partial charge on any atom is 0.353 e. The highest BCUT2D eigenvalue weighted by atomic mass is 16.6. The molecular weight excluding hydrogens is 342 g/mol. The van der Waals surface area contributed by atoms with Gasteiger partial charge < -0.3 is 9.80 Å². The van der Waals surface area contributed by atoms with Crippen LogP contribution in [-0.2, 0) is 13.0 Å². The van der Waals surface area contributed by atoms with E-state index in [1.165, 1.54) is 23.9 Å². The summed E-state index contributed by atoms with van der Waals surface area (Å²) in [5.74, 6) is 0.926. The number of rotatable bonds is 4. The summed E-state index contributed by atoms with van der Waals surface area (Å²) in [6.45, 7) is 4.33. The summed E-state index contributed by atoms with van der Waals surface area (Å²) < 4.78 is 0. The summed E-state index contributed by atoms with van der Waals surface area (Å²) in [6, 6.07) is 8.59. The van der Waals surface area contributed by atoms with Crippen LogP contribution in [-0.4, -0.2) is 34.0 Å². The Morgan fingerprint density at radius 1 is 1.15 bits per heavy atom. The third-order valence-corrected chi connectivity index (χ3v) is 5.77. The Kier molecular flexibility index (Phi) is 4.92. The second kappa shape index (κ2) is 7.50. The number of aromatic nitrogens is 2. The van der Waals surface area contributed by atoms with E-state index in [2.05, 4.69) is 33.9 Å². The Hall–Kier alpha value is -2.70. The number of hydrogen-bond donors (Lipinski definition) is 0. The van der Waals surface area contributed by atoms with Crippen molar-refractivity contribution in [3.05, 3.63) is 51.8 Å². The number of fused-ring (bicyclic) bond motifs is 1. The first kappa shape index (κ1) is 17.7. The molecule has 1 aromatic carbocycles. The molecule has 0 aliphatic carbocycles. The van der Waals surface area contributed by atoms with Gasteiger partial charge in [0, 0.05) is 25.7 Å². The lowest BCUT2D eigenvalue weighted by atomic mass is 9.99. The van der Waals surface area contributed by atoms with Crippen molar-refractivity contribution in [1.29, 1.82) is 0 Å². The molecule has 0 bridgehead atoms. The molecule has 0 saturated carbocycles. The predicted molar refractivity (Wildman–Crippen MR) is 105 cm³/mol. The normalized spacial score (nSPS) is 19.7. The molecule has 1 fully saturated rings. The van der Waals surface area contributed by atoms with Crippen molar-refractivity contribution < 1.29 is 4.92 Å². The molecule has 0 spiro atoms. The summed E-state index contributed by atoms with van der Waals surface area (Å²) in [7, 11) is 0. The third-order valence-electron chi connectivity index (χ3n) is 5.77. The molecule has 0 amide bonds. The molecule has 142 valence electrons. The number of piperidine rings is 1.